The zero-order chi connectivity index (χ0) is 20.2. The number of amides is 1. The number of benzene rings is 2. The summed E-state index contributed by atoms with van der Waals surface area (Å²) in [4.78, 5) is 13.2. The van der Waals surface area contributed by atoms with Crippen LogP contribution in [0, 0.1) is 13.8 Å². The maximum atomic E-state index is 13.2. The van der Waals surface area contributed by atoms with E-state index in [0.717, 1.165) is 22.4 Å². The van der Waals surface area contributed by atoms with E-state index in [4.69, 9.17) is 4.42 Å². The van der Waals surface area contributed by atoms with Crippen LogP contribution in [-0.4, -0.2) is 26.1 Å². The summed E-state index contributed by atoms with van der Waals surface area (Å²) in [7, 11) is 0. The lowest BCUT2D eigenvalue weighted by atomic mass is 10.1. The number of nitrogens with one attached hydrogen (secondary N) is 1. The van der Waals surface area contributed by atoms with E-state index in [2.05, 4.69) is 20.8 Å². The molecule has 0 saturated heterocycles. The van der Waals surface area contributed by atoms with Gasteiger partial charge in [0.25, 0.3) is 5.91 Å². The molecule has 0 atom stereocenters. The monoisotopic (exact) mass is 385 g/mol. The second-order valence-corrected chi connectivity index (χ2v) is 6.60. The van der Waals surface area contributed by atoms with Crippen molar-refractivity contribution in [3.05, 3.63) is 83.8 Å². The first-order valence-corrected chi connectivity index (χ1v) is 9.10. The summed E-state index contributed by atoms with van der Waals surface area (Å²) in [5, 5.41) is 14.9. The van der Waals surface area contributed by atoms with E-state index in [9.17, 15) is 4.79 Å². The van der Waals surface area contributed by atoms with Gasteiger partial charge in [0, 0.05) is 17.3 Å². The minimum atomic E-state index is -0.349. The van der Waals surface area contributed by atoms with E-state index < -0.39 is 0 Å². The number of hydrogen-bond acceptors (Lipinski definition) is 5. The summed E-state index contributed by atoms with van der Waals surface area (Å²) in [6.07, 6.45) is 3.16. The molecule has 2 heterocycles. The van der Waals surface area contributed by atoms with Crippen LogP contribution in [0.1, 0.15) is 16.9 Å². The lowest BCUT2D eigenvalue weighted by Crippen LogP contribution is -2.20. The molecule has 0 radical (unpaired) electrons. The number of furan rings is 1. The van der Waals surface area contributed by atoms with E-state index in [0.29, 0.717) is 11.6 Å². The van der Waals surface area contributed by atoms with Gasteiger partial charge in [0.1, 0.15) is 11.5 Å². The Labute approximate surface area is 167 Å². The van der Waals surface area contributed by atoms with Gasteiger partial charge in [-0.05, 0) is 48.0 Å². The number of nitrogens with zero attached hydrogens (tertiary/aromatic N) is 4. The molecule has 2 aromatic heterocycles. The summed E-state index contributed by atoms with van der Waals surface area (Å²) in [6, 6.07) is 18.8. The Bertz CT molecular complexity index is 1160. The maximum Gasteiger partial charge on any atom is 0.274 e. The average molecular weight is 385 g/mol. The highest BCUT2D eigenvalue weighted by molar-refractivity contribution is 6.24. The summed E-state index contributed by atoms with van der Waals surface area (Å²) in [5.74, 6) is 0.627. The van der Waals surface area contributed by atoms with Crippen molar-refractivity contribution in [3.8, 4) is 11.4 Å². The molecule has 0 spiro atoms. The highest BCUT2D eigenvalue weighted by atomic mass is 16.3. The lowest BCUT2D eigenvalue weighted by molar-refractivity contribution is -0.111. The fourth-order valence-corrected chi connectivity index (χ4v) is 2.99. The van der Waals surface area contributed by atoms with Gasteiger partial charge in [0.2, 0.25) is 0 Å². The Morgan fingerprint density at radius 1 is 1.07 bits per heavy atom. The van der Waals surface area contributed by atoms with Gasteiger partial charge < -0.3 is 9.73 Å². The number of aryl methyl sites for hydroxylation is 2. The molecule has 4 aromatic rings. The van der Waals surface area contributed by atoms with Crippen LogP contribution >= 0.6 is 0 Å². The van der Waals surface area contributed by atoms with Crippen LogP contribution in [0.15, 0.2) is 71.3 Å². The summed E-state index contributed by atoms with van der Waals surface area (Å²) < 4.78 is 6.82. The fourth-order valence-electron chi connectivity index (χ4n) is 2.99. The van der Waals surface area contributed by atoms with Crippen LogP contribution in [0.25, 0.3) is 23.2 Å². The van der Waals surface area contributed by atoms with Gasteiger partial charge in [0.15, 0.2) is 5.82 Å². The quantitative estimate of drug-likeness (QED) is 0.521. The minimum Gasteiger partial charge on any atom is -0.465 e. The molecule has 0 aliphatic rings. The Kier molecular flexibility index (Phi) is 5.03. The molecule has 0 aliphatic carbocycles. The average Bonchev–Trinajstić information content (AvgIpc) is 3.40. The summed E-state index contributed by atoms with van der Waals surface area (Å²) >= 11 is 0. The Morgan fingerprint density at radius 2 is 1.90 bits per heavy atom. The standard InChI is InChI=1S/C22H19N5O2/c1-15-10-11-19(16(2)13-15)23-22(28)20(14-18-9-6-12-29-18)27-21(24-25-26-27)17-7-4-3-5-8-17/h3-14H,1-2H3,(H,23,28). The molecule has 0 bridgehead atoms. The SMILES string of the molecule is Cc1ccc(NC(=O)C(=Cc2ccco2)n2nnnc2-c2ccccc2)c(C)c1. The molecule has 2 aromatic carbocycles. The van der Waals surface area contributed by atoms with Gasteiger partial charge in [0.05, 0.1) is 6.26 Å². The normalized spacial score (nSPS) is 11.4. The predicted molar refractivity (Wildman–Crippen MR) is 111 cm³/mol. The summed E-state index contributed by atoms with van der Waals surface area (Å²) in [5.41, 5.74) is 3.85. The van der Waals surface area contributed by atoms with Crippen LogP contribution in [0.5, 0.6) is 0 Å². The van der Waals surface area contributed by atoms with Gasteiger partial charge in [-0.1, -0.05) is 48.0 Å². The van der Waals surface area contributed by atoms with Gasteiger partial charge in [-0.2, -0.15) is 4.68 Å². The number of carbonyl (C=O) groups is 1. The fraction of sp³-hybridized carbons (Fsp3) is 0.0909. The van der Waals surface area contributed by atoms with E-state index in [-0.39, 0.29) is 11.6 Å². The van der Waals surface area contributed by atoms with Crippen LogP contribution in [0.2, 0.25) is 0 Å². The number of carbonyl (C=O) groups excluding carboxylic acids is 1. The van der Waals surface area contributed by atoms with E-state index in [1.54, 1.807) is 24.5 Å². The number of anilines is 1. The topological polar surface area (TPSA) is 85.8 Å². The highest BCUT2D eigenvalue weighted by Gasteiger charge is 2.20. The van der Waals surface area contributed by atoms with Crippen LogP contribution in [0.3, 0.4) is 0 Å². The van der Waals surface area contributed by atoms with Gasteiger partial charge in [-0.3, -0.25) is 4.79 Å². The largest absolute Gasteiger partial charge is 0.465 e. The molecule has 1 amide bonds. The van der Waals surface area contributed by atoms with Crippen molar-refractivity contribution in [2.24, 2.45) is 0 Å². The molecule has 0 saturated carbocycles. The molecule has 0 unspecified atom stereocenters. The zero-order valence-corrected chi connectivity index (χ0v) is 16.0. The molecule has 144 valence electrons. The second-order valence-electron chi connectivity index (χ2n) is 6.60. The molecule has 0 fully saturated rings. The van der Waals surface area contributed by atoms with Crippen molar-refractivity contribution >= 4 is 23.4 Å². The predicted octanol–water partition coefficient (Wildman–Crippen LogP) is 4.19. The van der Waals surface area contributed by atoms with Gasteiger partial charge in [-0.25, -0.2) is 0 Å². The number of aromatic nitrogens is 4. The molecule has 0 aliphatic heterocycles. The van der Waals surface area contributed by atoms with Crippen molar-refractivity contribution < 1.29 is 9.21 Å². The first-order valence-electron chi connectivity index (χ1n) is 9.10. The molecular weight excluding hydrogens is 366 g/mol. The van der Waals surface area contributed by atoms with Crippen LogP contribution in [0.4, 0.5) is 5.69 Å². The van der Waals surface area contributed by atoms with Gasteiger partial charge >= 0.3 is 0 Å². The summed E-state index contributed by atoms with van der Waals surface area (Å²) in [6.45, 7) is 3.96. The maximum absolute atomic E-state index is 13.2. The Morgan fingerprint density at radius 3 is 2.62 bits per heavy atom. The van der Waals surface area contributed by atoms with Gasteiger partial charge in [-0.15, -0.1) is 5.10 Å². The Hall–Kier alpha value is -4.00. The molecule has 1 N–H and O–H groups in total. The first kappa shape index (κ1) is 18.4. The molecular formula is C22H19N5O2. The number of tetrazole rings is 1. The van der Waals surface area contributed by atoms with Crippen LogP contribution in [-0.2, 0) is 4.79 Å². The first-order chi connectivity index (χ1) is 14.1. The second kappa shape index (κ2) is 7.93. The van der Waals surface area contributed by atoms with Crippen LogP contribution < -0.4 is 5.32 Å². The lowest BCUT2D eigenvalue weighted by Gasteiger charge is -2.12. The highest BCUT2D eigenvalue weighted by Crippen LogP contribution is 2.23. The third-order valence-corrected chi connectivity index (χ3v) is 4.41. The molecule has 29 heavy (non-hydrogen) atoms. The number of hydrogen-bond donors (Lipinski definition) is 1. The van der Waals surface area contributed by atoms with Crippen molar-refractivity contribution in [2.45, 2.75) is 13.8 Å². The minimum absolute atomic E-state index is 0.240. The van der Waals surface area contributed by atoms with Crippen molar-refractivity contribution in [1.29, 1.82) is 0 Å². The smallest absolute Gasteiger partial charge is 0.274 e. The zero-order valence-electron chi connectivity index (χ0n) is 16.0. The van der Waals surface area contributed by atoms with Crippen molar-refractivity contribution in [1.82, 2.24) is 20.2 Å². The van der Waals surface area contributed by atoms with E-state index in [1.165, 1.54) is 4.68 Å². The third kappa shape index (κ3) is 3.98. The van der Waals surface area contributed by atoms with E-state index >= 15 is 0 Å². The third-order valence-electron chi connectivity index (χ3n) is 4.41. The van der Waals surface area contributed by atoms with Crippen molar-refractivity contribution in [3.63, 3.8) is 0 Å². The number of rotatable bonds is 5. The van der Waals surface area contributed by atoms with E-state index in [1.807, 2.05) is 62.4 Å². The molecule has 4 rings (SSSR count). The molecule has 7 heteroatoms. The van der Waals surface area contributed by atoms with Crippen molar-refractivity contribution in [2.75, 3.05) is 5.32 Å². The molecule has 7 nitrogen and oxygen atoms in total. The Balaban J connectivity index is 1.76.